The van der Waals surface area contributed by atoms with E-state index in [0.29, 0.717) is 28.2 Å². The highest BCUT2D eigenvalue weighted by Gasteiger charge is 2.45. The lowest BCUT2D eigenvalue weighted by Gasteiger charge is -2.28. The summed E-state index contributed by atoms with van der Waals surface area (Å²) in [6, 6.07) is 22.0. The van der Waals surface area contributed by atoms with E-state index in [9.17, 15) is 9.59 Å². The Morgan fingerprint density at radius 2 is 1.60 bits per heavy atom. The molecule has 0 saturated carbocycles. The highest BCUT2D eigenvalue weighted by Crippen LogP contribution is 2.35. The number of aryl methyl sites for hydroxylation is 1. The van der Waals surface area contributed by atoms with E-state index in [2.05, 4.69) is 34.8 Å². The number of hydrogen-bond acceptors (Lipinski definition) is 7. The summed E-state index contributed by atoms with van der Waals surface area (Å²) >= 11 is 0. The number of nitrogens with zero attached hydrogens (tertiary/aromatic N) is 5. The fourth-order valence-corrected chi connectivity index (χ4v) is 4.96. The fourth-order valence-electron chi connectivity index (χ4n) is 4.96. The minimum absolute atomic E-state index is 0.0262. The summed E-state index contributed by atoms with van der Waals surface area (Å²) in [4.78, 5) is 40.5. The van der Waals surface area contributed by atoms with Gasteiger partial charge in [0.25, 0.3) is 11.8 Å². The molecule has 0 bridgehead atoms. The lowest BCUT2D eigenvalue weighted by Crippen LogP contribution is -2.47. The van der Waals surface area contributed by atoms with Crippen LogP contribution in [-0.2, 0) is 21.1 Å². The van der Waals surface area contributed by atoms with Crippen LogP contribution in [0.5, 0.6) is 0 Å². The summed E-state index contributed by atoms with van der Waals surface area (Å²) in [6.45, 7) is 9.74. The minimum atomic E-state index is -0.358. The van der Waals surface area contributed by atoms with Crippen LogP contribution < -0.4 is 14.8 Å². The molecular formula is C31H31N5O4. The molecule has 0 aromatic heterocycles. The third kappa shape index (κ3) is 4.81. The summed E-state index contributed by atoms with van der Waals surface area (Å²) in [5, 5.41) is 14.6. The Morgan fingerprint density at radius 3 is 2.23 bits per heavy atom. The second-order valence-electron chi connectivity index (χ2n) is 9.56. The maximum atomic E-state index is 14.0. The van der Waals surface area contributed by atoms with Crippen molar-refractivity contribution in [3.63, 3.8) is 0 Å². The third-order valence-electron chi connectivity index (χ3n) is 7.14. The Bertz CT molecular complexity index is 1540. The molecule has 0 spiro atoms. The van der Waals surface area contributed by atoms with Gasteiger partial charge in [0, 0.05) is 18.8 Å². The maximum Gasteiger partial charge on any atom is 0.283 e. The molecule has 40 heavy (non-hydrogen) atoms. The Morgan fingerprint density at radius 1 is 0.900 bits per heavy atom. The molecule has 9 nitrogen and oxygen atoms in total. The molecule has 0 unspecified atom stereocenters. The molecule has 9 heteroatoms. The first-order valence-corrected chi connectivity index (χ1v) is 13.2. The highest BCUT2D eigenvalue weighted by atomic mass is 17.1. The van der Waals surface area contributed by atoms with Crippen LogP contribution in [0.3, 0.4) is 0 Å². The molecule has 1 N–H and O–H groups in total. The third-order valence-corrected chi connectivity index (χ3v) is 7.14. The largest absolute Gasteiger partial charge is 0.372 e. The molecule has 0 radical (unpaired) electrons. The number of fused-ring (bicyclic) bond motifs is 1. The number of carbonyl (C=O) groups is 2. The standard InChI is InChI=1S/C31H31N5O4/c1-5-34(6-2)25-16-17-26(20(3)18-25)32-28-21(4)27-29(35(31(28)38)23-10-8-7-9-11-23)33-36(30(27)37)24-14-12-22(13-15-24)19-40-39/h7-18,39H,5-6,19H2,1-4H3. The van der Waals surface area contributed by atoms with Gasteiger partial charge in [-0.2, -0.15) is 5.01 Å². The lowest BCUT2D eigenvalue weighted by atomic mass is 9.96. The van der Waals surface area contributed by atoms with E-state index < -0.39 is 0 Å². The first-order chi connectivity index (χ1) is 19.4. The summed E-state index contributed by atoms with van der Waals surface area (Å²) in [5.41, 5.74) is 5.52. The van der Waals surface area contributed by atoms with Crippen LogP contribution in [-0.4, -0.2) is 41.7 Å². The van der Waals surface area contributed by atoms with E-state index in [4.69, 9.17) is 10.2 Å². The molecule has 2 aliphatic heterocycles. The van der Waals surface area contributed by atoms with Gasteiger partial charge in [-0.3, -0.25) is 19.7 Å². The van der Waals surface area contributed by atoms with Gasteiger partial charge in [-0.15, -0.1) is 5.10 Å². The van der Waals surface area contributed by atoms with Gasteiger partial charge in [0.05, 0.1) is 22.6 Å². The summed E-state index contributed by atoms with van der Waals surface area (Å²) in [7, 11) is 0. The van der Waals surface area contributed by atoms with Gasteiger partial charge in [-0.05, 0) is 86.9 Å². The van der Waals surface area contributed by atoms with Crippen molar-refractivity contribution in [2.24, 2.45) is 10.1 Å². The van der Waals surface area contributed by atoms with Crippen LogP contribution in [0.15, 0.2) is 94.0 Å². The van der Waals surface area contributed by atoms with Crippen LogP contribution in [0, 0.1) is 6.92 Å². The first kappa shape index (κ1) is 27.0. The van der Waals surface area contributed by atoms with Crippen molar-refractivity contribution in [2.45, 2.75) is 34.3 Å². The van der Waals surface area contributed by atoms with Gasteiger partial charge in [0.2, 0.25) is 0 Å². The summed E-state index contributed by atoms with van der Waals surface area (Å²) < 4.78 is 0. The van der Waals surface area contributed by atoms with Crippen LogP contribution in [0.4, 0.5) is 22.7 Å². The van der Waals surface area contributed by atoms with Crippen molar-refractivity contribution in [2.75, 3.05) is 27.9 Å². The topological polar surface area (TPSA) is 98.0 Å². The molecule has 0 aliphatic carbocycles. The van der Waals surface area contributed by atoms with Crippen LogP contribution in [0.25, 0.3) is 0 Å². The van der Waals surface area contributed by atoms with Gasteiger partial charge < -0.3 is 4.90 Å². The average molecular weight is 538 g/mol. The Labute approximate surface area is 233 Å². The van der Waals surface area contributed by atoms with Gasteiger partial charge in [-0.1, -0.05) is 30.3 Å². The Balaban J connectivity index is 1.62. The number of para-hydroxylation sites is 1. The van der Waals surface area contributed by atoms with Crippen molar-refractivity contribution in [1.82, 2.24) is 0 Å². The quantitative estimate of drug-likeness (QED) is 0.297. The first-order valence-electron chi connectivity index (χ1n) is 13.2. The number of carbonyl (C=O) groups excluding carboxylic acids is 2. The zero-order chi connectivity index (χ0) is 28.4. The van der Waals surface area contributed by atoms with E-state index in [1.165, 1.54) is 9.91 Å². The van der Waals surface area contributed by atoms with Crippen molar-refractivity contribution >= 4 is 46.1 Å². The number of hydrazone groups is 1. The van der Waals surface area contributed by atoms with Gasteiger partial charge in [-0.25, -0.2) is 9.88 Å². The van der Waals surface area contributed by atoms with Crippen LogP contribution >= 0.6 is 0 Å². The average Bonchev–Trinajstić information content (AvgIpc) is 3.30. The summed E-state index contributed by atoms with van der Waals surface area (Å²) in [6.07, 6.45) is 0. The van der Waals surface area contributed by atoms with Crippen molar-refractivity contribution in [3.05, 3.63) is 95.1 Å². The number of anilines is 3. The molecule has 3 aromatic rings. The molecule has 0 fully saturated rings. The second-order valence-corrected chi connectivity index (χ2v) is 9.56. The molecular weight excluding hydrogens is 506 g/mol. The van der Waals surface area contributed by atoms with Crippen LogP contribution in [0.1, 0.15) is 31.9 Å². The Kier molecular flexibility index (Phi) is 7.59. The monoisotopic (exact) mass is 537 g/mol. The predicted molar refractivity (Wildman–Crippen MR) is 157 cm³/mol. The van der Waals surface area contributed by atoms with E-state index in [-0.39, 0.29) is 30.0 Å². The smallest absolute Gasteiger partial charge is 0.283 e. The molecule has 204 valence electrons. The minimum Gasteiger partial charge on any atom is -0.372 e. The number of benzene rings is 3. The predicted octanol–water partition coefficient (Wildman–Crippen LogP) is 5.63. The van der Waals surface area contributed by atoms with Gasteiger partial charge >= 0.3 is 0 Å². The molecule has 0 atom stereocenters. The normalized spacial score (nSPS) is 16.1. The SMILES string of the molecule is CCN(CC)c1ccc(N=C2C(=O)N(c3ccccc3)C3=NN(c4ccc(COO)cc4)C(=O)C3=C2C)c(C)c1. The number of hydrogen-bond donors (Lipinski definition) is 1. The van der Waals surface area contributed by atoms with Gasteiger partial charge in [0.1, 0.15) is 12.3 Å². The molecule has 2 amide bonds. The maximum absolute atomic E-state index is 14.0. The zero-order valence-corrected chi connectivity index (χ0v) is 23.0. The number of rotatable bonds is 8. The lowest BCUT2D eigenvalue weighted by molar-refractivity contribution is -0.253. The van der Waals surface area contributed by atoms with E-state index in [1.54, 1.807) is 43.3 Å². The highest BCUT2D eigenvalue weighted by molar-refractivity contribution is 6.61. The molecule has 2 heterocycles. The van der Waals surface area contributed by atoms with E-state index >= 15 is 0 Å². The van der Waals surface area contributed by atoms with E-state index in [1.807, 2.05) is 37.3 Å². The second kappa shape index (κ2) is 11.3. The zero-order valence-electron chi connectivity index (χ0n) is 23.0. The van der Waals surface area contributed by atoms with Crippen molar-refractivity contribution in [1.29, 1.82) is 0 Å². The van der Waals surface area contributed by atoms with Gasteiger partial charge in [0.15, 0.2) is 5.84 Å². The molecule has 5 rings (SSSR count). The van der Waals surface area contributed by atoms with Crippen LogP contribution in [0.2, 0.25) is 0 Å². The van der Waals surface area contributed by atoms with E-state index in [0.717, 1.165) is 29.9 Å². The molecule has 0 saturated heterocycles. The Hall–Kier alpha value is -4.60. The summed E-state index contributed by atoms with van der Waals surface area (Å²) in [5.74, 6) is -0.453. The fraction of sp³-hybridized carbons (Fsp3) is 0.226. The number of amides is 2. The van der Waals surface area contributed by atoms with Crippen molar-refractivity contribution in [3.8, 4) is 0 Å². The molecule has 3 aromatic carbocycles. The van der Waals surface area contributed by atoms with Crippen molar-refractivity contribution < 1.29 is 19.7 Å². The number of aliphatic imine (C=N–C) groups is 1. The molecule has 2 aliphatic rings. The number of amidine groups is 1.